The molecule has 0 spiro atoms. The Kier molecular flexibility index (Phi) is 6.58. The number of thioether (sulfide) groups is 1. The molecule has 1 saturated heterocycles. The van der Waals surface area contributed by atoms with Gasteiger partial charge >= 0.3 is 5.69 Å². The monoisotopic (exact) mass is 416 g/mol. The highest BCUT2D eigenvalue weighted by atomic mass is 32.2. The van der Waals surface area contributed by atoms with Crippen LogP contribution in [0.3, 0.4) is 0 Å². The summed E-state index contributed by atoms with van der Waals surface area (Å²) in [6, 6.07) is 8.97. The molecule has 0 bridgehead atoms. The number of nitrogens with zero attached hydrogens (tertiary/aromatic N) is 4. The van der Waals surface area contributed by atoms with Crippen molar-refractivity contribution < 1.29 is 9.90 Å². The molecule has 8 nitrogen and oxygen atoms in total. The minimum Gasteiger partial charge on any atom is -0.494 e. The normalized spacial score (nSPS) is 14.8. The molecular weight excluding hydrogens is 392 g/mol. The van der Waals surface area contributed by atoms with E-state index in [-0.39, 0.29) is 22.3 Å². The van der Waals surface area contributed by atoms with Crippen LogP contribution in [0.15, 0.2) is 44.9 Å². The summed E-state index contributed by atoms with van der Waals surface area (Å²) in [6.45, 7) is 1.47. The molecule has 0 radical (unpaired) electrons. The zero-order valence-corrected chi connectivity index (χ0v) is 17.3. The van der Waals surface area contributed by atoms with Crippen molar-refractivity contribution in [3.8, 4) is 5.88 Å². The van der Waals surface area contributed by atoms with Gasteiger partial charge < -0.3 is 10.0 Å². The van der Waals surface area contributed by atoms with Crippen molar-refractivity contribution in [2.45, 2.75) is 19.3 Å². The van der Waals surface area contributed by atoms with E-state index in [4.69, 9.17) is 0 Å². The number of amides is 1. The van der Waals surface area contributed by atoms with Crippen molar-refractivity contribution in [2.24, 2.45) is 19.1 Å². The highest BCUT2D eigenvalue weighted by Crippen LogP contribution is 2.23. The number of likely N-dealkylation sites (tertiary alicyclic amines) is 1. The van der Waals surface area contributed by atoms with Gasteiger partial charge in [0.25, 0.3) is 5.56 Å². The van der Waals surface area contributed by atoms with E-state index in [1.54, 1.807) is 24.3 Å². The largest absolute Gasteiger partial charge is 0.494 e. The van der Waals surface area contributed by atoms with Crippen LogP contribution < -0.4 is 11.2 Å². The Morgan fingerprint density at radius 3 is 2.38 bits per heavy atom. The van der Waals surface area contributed by atoms with E-state index in [1.807, 2.05) is 11.0 Å². The van der Waals surface area contributed by atoms with Crippen molar-refractivity contribution >= 4 is 28.4 Å². The zero-order valence-electron chi connectivity index (χ0n) is 16.5. The number of hydrogen-bond donors (Lipinski definition) is 1. The minimum absolute atomic E-state index is 0.0309. The molecule has 3 rings (SSSR count). The predicted molar refractivity (Wildman–Crippen MR) is 114 cm³/mol. The lowest BCUT2D eigenvalue weighted by Gasteiger charge is -2.26. The van der Waals surface area contributed by atoms with E-state index in [9.17, 15) is 19.5 Å². The van der Waals surface area contributed by atoms with Gasteiger partial charge in [0.15, 0.2) is 0 Å². The van der Waals surface area contributed by atoms with Crippen molar-refractivity contribution in [2.75, 3.05) is 18.8 Å². The second-order valence-corrected chi connectivity index (χ2v) is 7.85. The zero-order chi connectivity index (χ0) is 21.0. The highest BCUT2D eigenvalue weighted by Gasteiger charge is 2.23. The maximum absolute atomic E-state index is 12.7. The molecule has 1 N–H and O–H groups in total. The third-order valence-corrected chi connectivity index (χ3v) is 5.84. The predicted octanol–water partition coefficient (Wildman–Crippen LogP) is 1.61. The van der Waals surface area contributed by atoms with Crippen LogP contribution in [-0.2, 0) is 18.9 Å². The van der Waals surface area contributed by atoms with E-state index in [0.717, 1.165) is 53.2 Å². The highest BCUT2D eigenvalue weighted by molar-refractivity contribution is 8.15. The Hall–Kier alpha value is -2.81. The molecule has 0 saturated carbocycles. The number of aromatic hydroxyl groups is 1. The number of benzene rings is 1. The molecule has 1 aliphatic rings. The molecule has 1 aromatic heterocycles. The standard InChI is InChI=1S/C20H24N4O4S/c1-22-18(26)16(19(27)23(2)20(22)28)17(21-14-9-5-3-6-10-14)29-13-15(25)24-11-7-4-8-12-24/h3,5-6,9-10,26H,4,7-8,11-13H2,1-2H3. The number of carbonyl (C=O) groups is 1. The van der Waals surface area contributed by atoms with Gasteiger partial charge in [0.1, 0.15) is 10.6 Å². The van der Waals surface area contributed by atoms with Gasteiger partial charge in [0.2, 0.25) is 11.8 Å². The van der Waals surface area contributed by atoms with Gasteiger partial charge in [-0.05, 0) is 31.4 Å². The van der Waals surface area contributed by atoms with Gasteiger partial charge in [-0.1, -0.05) is 30.0 Å². The van der Waals surface area contributed by atoms with Gasteiger partial charge in [0, 0.05) is 27.2 Å². The molecule has 1 aromatic carbocycles. The maximum Gasteiger partial charge on any atom is 0.333 e. The van der Waals surface area contributed by atoms with Crippen molar-refractivity contribution in [3.63, 3.8) is 0 Å². The van der Waals surface area contributed by atoms with Crippen LogP contribution in [0.5, 0.6) is 5.88 Å². The molecule has 2 heterocycles. The Labute approximate surface area is 172 Å². The first kappa shape index (κ1) is 20.9. The average molecular weight is 417 g/mol. The lowest BCUT2D eigenvalue weighted by molar-refractivity contribution is -0.129. The Bertz CT molecular complexity index is 1040. The molecular formula is C20H24N4O4S. The molecule has 1 fully saturated rings. The van der Waals surface area contributed by atoms with Gasteiger partial charge in [-0.3, -0.25) is 18.7 Å². The number of aromatic nitrogens is 2. The molecule has 29 heavy (non-hydrogen) atoms. The van der Waals surface area contributed by atoms with Gasteiger partial charge in [-0.25, -0.2) is 9.79 Å². The number of aliphatic imine (C=N–C) groups is 1. The van der Waals surface area contributed by atoms with Crippen molar-refractivity contribution in [1.82, 2.24) is 14.0 Å². The molecule has 154 valence electrons. The first-order valence-corrected chi connectivity index (χ1v) is 10.4. The second-order valence-electron chi connectivity index (χ2n) is 6.89. The molecule has 1 aliphatic heterocycles. The summed E-state index contributed by atoms with van der Waals surface area (Å²) in [5, 5.41) is 10.7. The number of rotatable bonds is 4. The van der Waals surface area contributed by atoms with E-state index >= 15 is 0 Å². The van der Waals surface area contributed by atoms with Crippen molar-refractivity contribution in [1.29, 1.82) is 0 Å². The summed E-state index contributed by atoms with van der Waals surface area (Å²) in [4.78, 5) is 43.7. The third-order valence-electron chi connectivity index (χ3n) is 4.88. The summed E-state index contributed by atoms with van der Waals surface area (Å²) in [7, 11) is 2.72. The fourth-order valence-corrected chi connectivity index (χ4v) is 4.10. The summed E-state index contributed by atoms with van der Waals surface area (Å²) in [5.41, 5.74) is -0.798. The van der Waals surface area contributed by atoms with E-state index in [2.05, 4.69) is 4.99 Å². The second kappa shape index (κ2) is 9.13. The fraction of sp³-hybridized carbons (Fsp3) is 0.400. The first-order chi connectivity index (χ1) is 13.9. The SMILES string of the molecule is Cn1c(O)c(C(=Nc2ccccc2)SCC(=O)N2CCCCC2)c(=O)n(C)c1=O. The van der Waals surface area contributed by atoms with Crippen LogP contribution in [-0.4, -0.2) is 48.9 Å². The smallest absolute Gasteiger partial charge is 0.333 e. The average Bonchev–Trinajstić information content (AvgIpc) is 2.75. The quantitative estimate of drug-likeness (QED) is 0.603. The summed E-state index contributed by atoms with van der Waals surface area (Å²) in [5.74, 6) is -0.404. The van der Waals surface area contributed by atoms with Gasteiger partial charge in [-0.15, -0.1) is 0 Å². The Balaban J connectivity index is 1.99. The maximum atomic E-state index is 12.7. The first-order valence-electron chi connectivity index (χ1n) is 9.44. The number of hydrogen-bond acceptors (Lipinski definition) is 6. The van der Waals surface area contributed by atoms with Crippen LogP contribution in [0.4, 0.5) is 5.69 Å². The lowest BCUT2D eigenvalue weighted by Crippen LogP contribution is -2.40. The van der Waals surface area contributed by atoms with Crippen molar-refractivity contribution in [3.05, 3.63) is 56.7 Å². The summed E-state index contributed by atoms with van der Waals surface area (Å²) >= 11 is 1.09. The molecule has 0 atom stereocenters. The van der Waals surface area contributed by atoms with Crippen LogP contribution >= 0.6 is 11.8 Å². The summed E-state index contributed by atoms with van der Waals surface area (Å²) < 4.78 is 1.91. The molecule has 1 amide bonds. The van der Waals surface area contributed by atoms with E-state index in [0.29, 0.717) is 5.69 Å². The molecule has 2 aromatic rings. The minimum atomic E-state index is -0.654. The Morgan fingerprint density at radius 2 is 1.72 bits per heavy atom. The van der Waals surface area contributed by atoms with Gasteiger partial charge in [0.05, 0.1) is 11.4 Å². The fourth-order valence-electron chi connectivity index (χ4n) is 3.17. The lowest BCUT2D eigenvalue weighted by atomic mass is 10.1. The topological polar surface area (TPSA) is 96.9 Å². The Morgan fingerprint density at radius 1 is 1.07 bits per heavy atom. The number of piperidine rings is 1. The van der Waals surface area contributed by atoms with Crippen LogP contribution in [0.25, 0.3) is 0 Å². The van der Waals surface area contributed by atoms with E-state index in [1.165, 1.54) is 14.1 Å². The van der Waals surface area contributed by atoms with Crippen LogP contribution in [0.1, 0.15) is 24.8 Å². The summed E-state index contributed by atoms with van der Waals surface area (Å²) in [6.07, 6.45) is 3.10. The van der Waals surface area contributed by atoms with Gasteiger partial charge in [-0.2, -0.15) is 0 Å². The molecule has 9 heteroatoms. The third kappa shape index (κ3) is 4.61. The number of carbonyl (C=O) groups excluding carboxylic acids is 1. The molecule has 0 unspecified atom stereocenters. The van der Waals surface area contributed by atoms with E-state index < -0.39 is 17.1 Å². The molecule has 0 aliphatic carbocycles. The van der Waals surface area contributed by atoms with Crippen LogP contribution in [0, 0.1) is 0 Å². The number of para-hydroxylation sites is 1. The van der Waals surface area contributed by atoms with Crippen LogP contribution in [0.2, 0.25) is 0 Å².